The summed E-state index contributed by atoms with van der Waals surface area (Å²) in [5.41, 5.74) is 6.31. The van der Waals surface area contributed by atoms with Gasteiger partial charge >= 0.3 is 12.1 Å². The standard InChI is InChI=1S/C45H51N3O9S3/c1-44(2)18-16-38-32(24-44)40(42(50)51)41(59-38)30-13-7-11-28(21-30)12-8-19-48(60(53,54)31-14-15-34-39(23-31)58-27-46-34)25-36(49)35(22-29-9-5-4-6-10-29)47-43(52)57-37-26-56-45(3)33(37)17-20-55-45/h4-7,9-11,13-15,21,23,27,33,35-37,49H,8,12,16-20,22,24-26H2,1-3H3,(H,47,52)(H,50,51)/t33-,35-,36+,37-,45+/m0/s1. The zero-order valence-corrected chi connectivity index (χ0v) is 36.4. The van der Waals surface area contributed by atoms with Crippen LogP contribution in [0, 0.1) is 11.3 Å². The van der Waals surface area contributed by atoms with Crippen molar-refractivity contribution in [3.8, 4) is 10.4 Å². The minimum Gasteiger partial charge on any atom is -0.478 e. The second-order valence-electron chi connectivity index (χ2n) is 17.0. The normalized spacial score (nSPS) is 22.0. The number of carboxylic acid groups (broad SMARTS) is 1. The number of carbonyl (C=O) groups is 2. The Kier molecular flexibility index (Phi) is 12.2. The van der Waals surface area contributed by atoms with Crippen molar-refractivity contribution in [2.45, 2.75) is 94.6 Å². The molecule has 3 aromatic carbocycles. The number of nitrogens with zero attached hydrogens (tertiary/aromatic N) is 2. The Hall–Kier alpha value is -4.22. The highest BCUT2D eigenvalue weighted by molar-refractivity contribution is 7.89. The molecule has 5 aromatic rings. The molecular formula is C45H51N3O9S3. The number of aliphatic hydroxyl groups excluding tert-OH is 1. The molecule has 8 rings (SSSR count). The number of aromatic carboxylic acids is 1. The van der Waals surface area contributed by atoms with Crippen LogP contribution in [-0.2, 0) is 49.9 Å². The number of nitrogens with one attached hydrogen (secondary N) is 1. The maximum atomic E-state index is 14.5. The van der Waals surface area contributed by atoms with E-state index in [1.807, 2.05) is 61.5 Å². The third-order valence-electron chi connectivity index (χ3n) is 12.2. The van der Waals surface area contributed by atoms with E-state index in [0.717, 1.165) is 56.0 Å². The number of carbonyl (C=O) groups excluding carboxylic acids is 1. The average Bonchev–Trinajstić information content (AvgIpc) is 4.00. The van der Waals surface area contributed by atoms with Crippen LogP contribution in [0.3, 0.4) is 0 Å². The molecule has 318 valence electrons. The van der Waals surface area contributed by atoms with Gasteiger partial charge in [-0.25, -0.2) is 23.0 Å². The van der Waals surface area contributed by atoms with E-state index in [9.17, 15) is 28.2 Å². The number of aryl methyl sites for hydroxylation is 2. The third-order valence-corrected chi connectivity index (χ3v) is 16.2. The third kappa shape index (κ3) is 9.03. The highest BCUT2D eigenvalue weighted by Gasteiger charge is 2.53. The number of thiophene rings is 1. The van der Waals surface area contributed by atoms with Crippen LogP contribution in [0.15, 0.2) is 83.2 Å². The molecule has 15 heteroatoms. The lowest BCUT2D eigenvalue weighted by molar-refractivity contribution is -0.181. The summed E-state index contributed by atoms with van der Waals surface area (Å²) in [6.45, 7) is 6.66. The van der Waals surface area contributed by atoms with Crippen LogP contribution in [0.2, 0.25) is 0 Å². The number of sulfonamides is 1. The second-order valence-corrected chi connectivity index (χ2v) is 21.0. The molecule has 60 heavy (non-hydrogen) atoms. The lowest BCUT2D eigenvalue weighted by Gasteiger charge is -2.30. The first-order valence-corrected chi connectivity index (χ1v) is 23.6. The molecule has 12 nitrogen and oxygen atoms in total. The number of hydrogen-bond acceptors (Lipinski definition) is 11. The quantitative estimate of drug-likeness (QED) is 0.0950. The Balaban J connectivity index is 1.03. The molecule has 0 spiro atoms. The number of fused-ring (bicyclic) bond motifs is 3. The van der Waals surface area contributed by atoms with Crippen molar-refractivity contribution >= 4 is 55.0 Å². The van der Waals surface area contributed by atoms with Gasteiger partial charge in [-0.1, -0.05) is 68.4 Å². The summed E-state index contributed by atoms with van der Waals surface area (Å²) >= 11 is 2.90. The molecule has 2 saturated heterocycles. The van der Waals surface area contributed by atoms with Gasteiger partial charge in [-0.3, -0.25) is 0 Å². The van der Waals surface area contributed by atoms with E-state index in [1.54, 1.807) is 29.0 Å². The smallest absolute Gasteiger partial charge is 0.407 e. The van der Waals surface area contributed by atoms with E-state index < -0.39 is 46.1 Å². The minimum atomic E-state index is -4.15. The minimum absolute atomic E-state index is 0.0308. The zero-order valence-electron chi connectivity index (χ0n) is 34.0. The maximum absolute atomic E-state index is 14.5. The number of hydrogen-bond donors (Lipinski definition) is 3. The Labute approximate surface area is 358 Å². The van der Waals surface area contributed by atoms with Crippen molar-refractivity contribution in [1.29, 1.82) is 0 Å². The zero-order chi connectivity index (χ0) is 42.2. The van der Waals surface area contributed by atoms with Crippen LogP contribution in [-0.4, -0.2) is 90.3 Å². The Morgan fingerprint density at radius 2 is 1.85 bits per heavy atom. The molecule has 0 unspecified atom stereocenters. The molecule has 0 radical (unpaired) electrons. The van der Waals surface area contributed by atoms with E-state index in [-0.39, 0.29) is 42.3 Å². The van der Waals surface area contributed by atoms with Crippen molar-refractivity contribution < 1.29 is 42.4 Å². The fourth-order valence-corrected chi connectivity index (χ4v) is 12.5. The summed E-state index contributed by atoms with van der Waals surface area (Å²) < 4.78 is 48.5. The monoisotopic (exact) mass is 873 g/mol. The predicted octanol–water partition coefficient (Wildman–Crippen LogP) is 7.71. The molecular weight excluding hydrogens is 823 g/mol. The number of ether oxygens (including phenoxy) is 3. The maximum Gasteiger partial charge on any atom is 0.407 e. The SMILES string of the molecule is CC1(C)CCc2sc(-c3cccc(CCCN(C[C@@H](O)[C@H](Cc4ccccc4)NC(=O)O[C@H]4CO[C@@]5(C)OCC[C@@H]45)S(=O)(=O)c4ccc5ncsc5c4)c3)c(C(=O)O)c2C1. The molecule has 0 bridgehead atoms. The number of aliphatic hydroxyl groups is 1. The number of aromatic nitrogens is 1. The summed E-state index contributed by atoms with van der Waals surface area (Å²) in [7, 11) is -4.15. The number of alkyl carbamates (subject to hydrolysis) is 1. The number of rotatable bonds is 15. The molecule has 1 aliphatic carbocycles. The van der Waals surface area contributed by atoms with Gasteiger partial charge in [0, 0.05) is 22.8 Å². The molecule has 4 heterocycles. The van der Waals surface area contributed by atoms with Gasteiger partial charge in [0.15, 0.2) is 5.79 Å². The lowest BCUT2D eigenvalue weighted by atomic mass is 9.76. The van der Waals surface area contributed by atoms with Crippen LogP contribution in [0.5, 0.6) is 0 Å². The Bertz CT molecular complexity index is 2470. The van der Waals surface area contributed by atoms with E-state index >= 15 is 0 Å². The van der Waals surface area contributed by atoms with Gasteiger partial charge in [-0.15, -0.1) is 22.7 Å². The fourth-order valence-electron chi connectivity index (χ4n) is 8.85. The van der Waals surface area contributed by atoms with Crippen molar-refractivity contribution in [2.75, 3.05) is 26.3 Å². The highest BCUT2D eigenvalue weighted by Crippen LogP contribution is 2.45. The van der Waals surface area contributed by atoms with E-state index in [0.29, 0.717) is 36.9 Å². The first-order valence-electron chi connectivity index (χ1n) is 20.5. The van der Waals surface area contributed by atoms with Gasteiger partial charge in [0.1, 0.15) is 6.10 Å². The van der Waals surface area contributed by atoms with E-state index in [4.69, 9.17) is 14.2 Å². The average molecular weight is 874 g/mol. The van der Waals surface area contributed by atoms with Gasteiger partial charge in [0.05, 0.1) is 57.5 Å². The van der Waals surface area contributed by atoms with E-state index in [1.165, 1.54) is 21.7 Å². The summed E-state index contributed by atoms with van der Waals surface area (Å²) in [5.74, 6) is -1.86. The van der Waals surface area contributed by atoms with Crippen molar-refractivity contribution in [3.63, 3.8) is 0 Å². The van der Waals surface area contributed by atoms with Crippen molar-refractivity contribution in [2.24, 2.45) is 11.3 Å². The van der Waals surface area contributed by atoms with Crippen LogP contribution < -0.4 is 5.32 Å². The predicted molar refractivity (Wildman–Crippen MR) is 231 cm³/mol. The molecule has 3 N–H and O–H groups in total. The Morgan fingerprint density at radius 1 is 1.05 bits per heavy atom. The number of benzene rings is 3. The number of amides is 1. The van der Waals surface area contributed by atoms with E-state index in [2.05, 4.69) is 24.1 Å². The molecule has 2 aliphatic heterocycles. The van der Waals surface area contributed by atoms with Gasteiger partial charge in [0.2, 0.25) is 10.0 Å². The fraction of sp³-hybridized carbons (Fsp3) is 0.444. The second kappa shape index (κ2) is 17.3. The summed E-state index contributed by atoms with van der Waals surface area (Å²) in [5, 5.41) is 25.2. The summed E-state index contributed by atoms with van der Waals surface area (Å²) in [4.78, 5) is 32.4. The van der Waals surface area contributed by atoms with Gasteiger partial charge in [-0.05, 0) is 97.7 Å². The molecule has 2 aromatic heterocycles. The van der Waals surface area contributed by atoms with Gasteiger partial charge < -0.3 is 29.7 Å². The van der Waals surface area contributed by atoms with Crippen molar-refractivity contribution in [1.82, 2.24) is 14.6 Å². The van der Waals surface area contributed by atoms with Crippen LogP contribution in [0.25, 0.3) is 20.7 Å². The molecule has 1 amide bonds. The Morgan fingerprint density at radius 3 is 2.65 bits per heavy atom. The number of thiazole rings is 1. The molecule has 3 aliphatic rings. The number of carboxylic acids is 1. The molecule has 5 atom stereocenters. The summed E-state index contributed by atoms with van der Waals surface area (Å²) in [6, 6.07) is 21.1. The van der Waals surface area contributed by atoms with Crippen LogP contribution in [0.4, 0.5) is 4.79 Å². The lowest BCUT2D eigenvalue weighted by Crippen LogP contribution is -2.51. The van der Waals surface area contributed by atoms with Crippen LogP contribution in [0.1, 0.15) is 72.0 Å². The first-order chi connectivity index (χ1) is 28.7. The molecule has 0 saturated carbocycles. The van der Waals surface area contributed by atoms with Gasteiger partial charge in [0.25, 0.3) is 0 Å². The topological polar surface area (TPSA) is 165 Å². The first kappa shape index (κ1) is 42.5. The highest BCUT2D eigenvalue weighted by atomic mass is 32.2. The largest absolute Gasteiger partial charge is 0.478 e. The van der Waals surface area contributed by atoms with Crippen molar-refractivity contribution in [3.05, 3.63) is 105 Å². The molecule has 2 fully saturated rings. The summed E-state index contributed by atoms with van der Waals surface area (Å²) in [6.07, 6.45) is 1.80. The van der Waals surface area contributed by atoms with Crippen LogP contribution >= 0.6 is 22.7 Å². The van der Waals surface area contributed by atoms with Gasteiger partial charge in [-0.2, -0.15) is 4.31 Å².